The molecule has 0 saturated carbocycles. The first-order valence-corrected chi connectivity index (χ1v) is 10.3. The maximum atomic E-state index is 5.53. The minimum absolute atomic E-state index is 0.552. The molecule has 1 aliphatic heterocycles. The smallest absolute Gasteiger partial charge is 0.203 e. The van der Waals surface area contributed by atoms with E-state index in [1.165, 1.54) is 0 Å². The maximum absolute atomic E-state index is 5.53. The normalized spacial score (nSPS) is 14.0. The first-order chi connectivity index (χ1) is 13.6. The van der Waals surface area contributed by atoms with Crippen molar-refractivity contribution in [2.75, 3.05) is 47.5 Å². The van der Waals surface area contributed by atoms with Gasteiger partial charge in [-0.1, -0.05) is 29.2 Å². The van der Waals surface area contributed by atoms with Crippen molar-refractivity contribution in [3.05, 3.63) is 29.6 Å². The zero-order chi connectivity index (χ0) is 19.9. The van der Waals surface area contributed by atoms with Crippen LogP contribution >= 0.6 is 24.0 Å². The molecule has 0 unspecified atom stereocenters. The molecule has 2 aromatic rings. The minimum atomic E-state index is 0.552. The number of nitrogens with one attached hydrogen (secondary N) is 1. The van der Waals surface area contributed by atoms with E-state index in [4.69, 9.17) is 26.4 Å². The van der Waals surface area contributed by atoms with E-state index < -0.39 is 0 Å². The van der Waals surface area contributed by atoms with Crippen LogP contribution in [0.3, 0.4) is 0 Å². The van der Waals surface area contributed by atoms with E-state index in [1.54, 1.807) is 37.8 Å². The largest absolute Gasteiger partial charge is 0.493 e. The summed E-state index contributed by atoms with van der Waals surface area (Å²) in [5.74, 6) is 2.52. The van der Waals surface area contributed by atoms with E-state index in [2.05, 4.69) is 20.5 Å². The minimum Gasteiger partial charge on any atom is -0.493 e. The Morgan fingerprint density at radius 3 is 2.43 bits per heavy atom. The molecular weight excluding hydrogens is 398 g/mol. The number of aromatic nitrogens is 3. The molecule has 10 heteroatoms. The second-order valence-electron chi connectivity index (χ2n) is 6.23. The van der Waals surface area contributed by atoms with Gasteiger partial charge in [-0.3, -0.25) is 0 Å². The Labute approximate surface area is 174 Å². The van der Waals surface area contributed by atoms with Crippen LogP contribution in [0.4, 0.5) is 0 Å². The number of hydrogen-bond acceptors (Lipinski definition) is 8. The van der Waals surface area contributed by atoms with Gasteiger partial charge in [0.1, 0.15) is 4.32 Å². The average molecular weight is 424 g/mol. The summed E-state index contributed by atoms with van der Waals surface area (Å²) in [6.07, 6.45) is 1.94. The SMILES string of the molecule is COc1cc(Cn2cc(CSC(=S)N3CCNCC3)nn2)cc(OC)c1OC. The zero-order valence-corrected chi connectivity index (χ0v) is 17.9. The fourth-order valence-electron chi connectivity index (χ4n) is 2.97. The summed E-state index contributed by atoms with van der Waals surface area (Å²) in [7, 11) is 4.80. The highest BCUT2D eigenvalue weighted by Crippen LogP contribution is 2.38. The van der Waals surface area contributed by atoms with Gasteiger partial charge in [0.2, 0.25) is 5.75 Å². The topological polar surface area (TPSA) is 73.7 Å². The fraction of sp³-hybridized carbons (Fsp3) is 0.500. The maximum Gasteiger partial charge on any atom is 0.203 e. The van der Waals surface area contributed by atoms with E-state index in [9.17, 15) is 0 Å². The molecule has 2 heterocycles. The van der Waals surface area contributed by atoms with Crippen LogP contribution in [0.1, 0.15) is 11.3 Å². The standard InChI is InChI=1S/C18H25N5O3S2/c1-24-15-8-13(9-16(25-2)17(15)26-3)10-23-11-14(20-21-23)12-28-18(27)22-6-4-19-5-7-22/h8-9,11,19H,4-7,10,12H2,1-3H3. The van der Waals surface area contributed by atoms with E-state index in [0.717, 1.165) is 41.8 Å². The Hall–Kier alpha value is -2.04. The molecule has 0 amide bonds. The average Bonchev–Trinajstić information content (AvgIpc) is 3.19. The summed E-state index contributed by atoms with van der Waals surface area (Å²) in [6, 6.07) is 3.83. The van der Waals surface area contributed by atoms with Crippen molar-refractivity contribution in [2.45, 2.75) is 12.3 Å². The lowest BCUT2D eigenvalue weighted by Crippen LogP contribution is -2.44. The molecule has 1 fully saturated rings. The highest BCUT2D eigenvalue weighted by Gasteiger charge is 2.15. The number of rotatable bonds is 7. The van der Waals surface area contributed by atoms with Crippen LogP contribution < -0.4 is 19.5 Å². The van der Waals surface area contributed by atoms with Gasteiger partial charge in [-0.15, -0.1) is 5.10 Å². The number of hydrogen-bond donors (Lipinski definition) is 1. The molecule has 0 radical (unpaired) electrons. The van der Waals surface area contributed by atoms with Gasteiger partial charge in [0.25, 0.3) is 0 Å². The number of ether oxygens (including phenoxy) is 3. The molecule has 1 aromatic carbocycles. The molecule has 1 saturated heterocycles. The monoisotopic (exact) mass is 423 g/mol. The quantitative estimate of drug-likeness (QED) is 0.671. The lowest BCUT2D eigenvalue weighted by Gasteiger charge is -2.28. The van der Waals surface area contributed by atoms with Crippen molar-refractivity contribution in [1.82, 2.24) is 25.2 Å². The summed E-state index contributed by atoms with van der Waals surface area (Å²) in [4.78, 5) is 2.23. The molecule has 152 valence electrons. The summed E-state index contributed by atoms with van der Waals surface area (Å²) in [5, 5.41) is 11.8. The Bertz CT molecular complexity index is 783. The van der Waals surface area contributed by atoms with Gasteiger partial charge >= 0.3 is 0 Å². The summed E-state index contributed by atoms with van der Waals surface area (Å²) in [6.45, 7) is 4.42. The molecule has 0 atom stereocenters. The van der Waals surface area contributed by atoms with Gasteiger partial charge in [0, 0.05) is 38.1 Å². The second-order valence-corrected chi connectivity index (χ2v) is 7.84. The zero-order valence-electron chi connectivity index (χ0n) is 16.3. The number of methoxy groups -OCH3 is 3. The van der Waals surface area contributed by atoms with Crippen molar-refractivity contribution in [3.63, 3.8) is 0 Å². The molecule has 0 aliphatic carbocycles. The van der Waals surface area contributed by atoms with Crippen LogP contribution in [-0.4, -0.2) is 71.7 Å². The third kappa shape index (κ3) is 5.06. The molecule has 1 N–H and O–H groups in total. The van der Waals surface area contributed by atoms with E-state index in [1.807, 2.05) is 18.3 Å². The third-order valence-electron chi connectivity index (χ3n) is 4.37. The molecule has 28 heavy (non-hydrogen) atoms. The Kier molecular flexibility index (Phi) is 7.35. The molecule has 8 nitrogen and oxygen atoms in total. The summed E-state index contributed by atoms with van der Waals surface area (Å²) in [5.41, 5.74) is 1.88. The van der Waals surface area contributed by atoms with E-state index in [0.29, 0.717) is 29.5 Å². The summed E-state index contributed by atoms with van der Waals surface area (Å²) < 4.78 is 18.9. The van der Waals surface area contributed by atoms with Gasteiger partial charge in [-0.25, -0.2) is 4.68 Å². The van der Waals surface area contributed by atoms with Crippen LogP contribution in [0.5, 0.6) is 17.2 Å². The highest BCUT2D eigenvalue weighted by molar-refractivity contribution is 8.22. The Morgan fingerprint density at radius 1 is 1.14 bits per heavy atom. The summed E-state index contributed by atoms with van der Waals surface area (Å²) >= 11 is 7.16. The van der Waals surface area contributed by atoms with Gasteiger partial charge < -0.3 is 24.4 Å². The number of thiocarbonyl (C=S) groups is 1. The van der Waals surface area contributed by atoms with Gasteiger partial charge in [0.15, 0.2) is 11.5 Å². The molecule has 1 aliphatic rings. The molecule has 1 aromatic heterocycles. The molecule has 0 bridgehead atoms. The first kappa shape index (κ1) is 20.7. The molecule has 0 spiro atoms. The van der Waals surface area contributed by atoms with E-state index >= 15 is 0 Å². The van der Waals surface area contributed by atoms with Crippen LogP contribution in [0.25, 0.3) is 0 Å². The van der Waals surface area contributed by atoms with Crippen molar-refractivity contribution in [3.8, 4) is 17.2 Å². The van der Waals surface area contributed by atoms with Crippen molar-refractivity contribution >= 4 is 28.3 Å². The molecule has 3 rings (SSSR count). The first-order valence-electron chi connectivity index (χ1n) is 8.95. The number of thioether (sulfide) groups is 1. The van der Waals surface area contributed by atoms with Crippen molar-refractivity contribution < 1.29 is 14.2 Å². The second kappa shape index (κ2) is 9.94. The number of piperazine rings is 1. The number of benzene rings is 1. The van der Waals surface area contributed by atoms with Crippen LogP contribution in [0, 0.1) is 0 Å². The van der Waals surface area contributed by atoms with Crippen LogP contribution in [-0.2, 0) is 12.3 Å². The van der Waals surface area contributed by atoms with Crippen molar-refractivity contribution in [2.24, 2.45) is 0 Å². The van der Waals surface area contributed by atoms with Crippen LogP contribution in [0.2, 0.25) is 0 Å². The van der Waals surface area contributed by atoms with Crippen molar-refractivity contribution in [1.29, 1.82) is 0 Å². The predicted octanol–water partition coefficient (Wildman–Crippen LogP) is 1.78. The highest BCUT2D eigenvalue weighted by atomic mass is 32.2. The predicted molar refractivity (Wildman–Crippen MR) is 114 cm³/mol. The lowest BCUT2D eigenvalue weighted by atomic mass is 10.2. The third-order valence-corrected chi connectivity index (χ3v) is 5.93. The van der Waals surface area contributed by atoms with Crippen LogP contribution in [0.15, 0.2) is 18.3 Å². The van der Waals surface area contributed by atoms with Gasteiger partial charge in [-0.2, -0.15) is 0 Å². The van der Waals surface area contributed by atoms with Gasteiger partial charge in [-0.05, 0) is 17.7 Å². The Balaban J connectivity index is 1.62. The van der Waals surface area contributed by atoms with E-state index in [-0.39, 0.29) is 0 Å². The van der Waals surface area contributed by atoms with Gasteiger partial charge in [0.05, 0.1) is 33.6 Å². The Morgan fingerprint density at radius 2 is 1.82 bits per heavy atom. The molecular formula is C18H25N5O3S2. The lowest BCUT2D eigenvalue weighted by molar-refractivity contribution is 0.323. The number of nitrogens with zero attached hydrogens (tertiary/aromatic N) is 4. The fourth-order valence-corrected chi connectivity index (χ4v) is 4.10.